The van der Waals surface area contributed by atoms with Crippen molar-refractivity contribution >= 4 is 0 Å². The summed E-state index contributed by atoms with van der Waals surface area (Å²) in [5, 5.41) is 0. The smallest absolute Gasteiger partial charge is 0.207 e. The van der Waals surface area contributed by atoms with Crippen molar-refractivity contribution in [1.82, 2.24) is 0 Å². The maximum atomic E-state index is 13.7. The van der Waals surface area contributed by atoms with E-state index in [1.807, 2.05) is 77.9 Å². The molecule has 0 saturated heterocycles. The van der Waals surface area contributed by atoms with Crippen LogP contribution in [0.5, 0.6) is 0 Å². The lowest BCUT2D eigenvalue weighted by Crippen LogP contribution is -2.15. The first-order chi connectivity index (χ1) is 64.4. The summed E-state index contributed by atoms with van der Waals surface area (Å²) in [7, 11) is 0. The fourth-order valence-electron chi connectivity index (χ4n) is 13.5. The van der Waals surface area contributed by atoms with Crippen LogP contribution in [-0.2, 0) is 37.1 Å². The second kappa shape index (κ2) is 49.8. The molecule has 0 radical (unpaired) electrons. The molecule has 0 nitrogen and oxygen atoms in total. The molecule has 0 aromatic heterocycles. The van der Waals surface area contributed by atoms with Gasteiger partial charge in [-0.3, -0.25) is 0 Å². The van der Waals surface area contributed by atoms with Gasteiger partial charge in [-0.25, -0.2) is 39.5 Å². The van der Waals surface area contributed by atoms with Crippen LogP contribution in [0.1, 0.15) is 161 Å². The molecule has 0 atom stereocenters. The lowest BCUT2D eigenvalue weighted by atomic mass is 9.93. The average Bonchev–Trinajstić information content (AvgIpc) is 0.787. The first-order valence-electron chi connectivity index (χ1n) is 43.1. The van der Waals surface area contributed by atoms with E-state index in [1.165, 1.54) is 133 Å². The summed E-state index contributed by atoms with van der Waals surface area (Å²) in [6, 6.07) is 58.3. The molecular formula is C113H107F27. The van der Waals surface area contributed by atoms with Crippen molar-refractivity contribution in [3.05, 3.63) is 444 Å². The van der Waals surface area contributed by atoms with E-state index in [4.69, 9.17) is 0 Å². The number of halogens is 27. The van der Waals surface area contributed by atoms with Crippen molar-refractivity contribution in [2.75, 3.05) is 0 Å². The lowest BCUT2D eigenvalue weighted by Gasteiger charge is -2.17. The minimum Gasteiger partial charge on any atom is -0.207 e. The van der Waals surface area contributed by atoms with Crippen molar-refractivity contribution in [2.24, 2.45) is 0 Å². The highest BCUT2D eigenvalue weighted by Crippen LogP contribution is 2.43. The molecule has 0 unspecified atom stereocenters. The Morgan fingerprint density at radius 2 is 0.379 bits per heavy atom. The van der Waals surface area contributed by atoms with Crippen LogP contribution in [0.4, 0.5) is 119 Å². The van der Waals surface area contributed by atoms with Gasteiger partial charge in [0, 0.05) is 16.7 Å². The first-order valence-corrected chi connectivity index (χ1v) is 43.1. The van der Waals surface area contributed by atoms with Gasteiger partial charge < -0.3 is 0 Å². The van der Waals surface area contributed by atoms with Crippen LogP contribution < -0.4 is 0 Å². The quantitative estimate of drug-likeness (QED) is 0.154. The third-order valence-electron chi connectivity index (χ3n) is 22.0. The van der Waals surface area contributed by atoms with Crippen LogP contribution in [0.25, 0.3) is 44.5 Å². The second-order valence-corrected chi connectivity index (χ2v) is 34.1. The van der Waals surface area contributed by atoms with Crippen LogP contribution in [0, 0.1) is 212 Å². The van der Waals surface area contributed by atoms with E-state index in [2.05, 4.69) is 0 Å². The first kappa shape index (κ1) is 118. The molecule has 0 aliphatic rings. The second-order valence-electron chi connectivity index (χ2n) is 34.1. The molecule has 0 fully saturated rings. The van der Waals surface area contributed by atoms with Crippen molar-refractivity contribution in [1.29, 1.82) is 0 Å². The molecule has 748 valence electrons. The number of alkyl halides is 18. The van der Waals surface area contributed by atoms with Gasteiger partial charge in [0.05, 0.1) is 33.4 Å². The van der Waals surface area contributed by atoms with Gasteiger partial charge >= 0.3 is 37.1 Å². The molecule has 14 rings (SSSR count). The van der Waals surface area contributed by atoms with Gasteiger partial charge in [-0.2, -0.15) is 79.0 Å². The van der Waals surface area contributed by atoms with E-state index in [9.17, 15) is 119 Å². The molecule has 0 saturated carbocycles. The summed E-state index contributed by atoms with van der Waals surface area (Å²) >= 11 is 0. The number of rotatable bonds is 4. The minimum atomic E-state index is -4.77. The number of hydrogen-bond acceptors (Lipinski definition) is 0. The fourth-order valence-corrected chi connectivity index (χ4v) is 13.5. The molecule has 27 heteroatoms. The average molecular weight is 1980 g/mol. The monoisotopic (exact) mass is 1980 g/mol. The summed E-state index contributed by atoms with van der Waals surface area (Å²) in [5.74, 6) is -3.06. The van der Waals surface area contributed by atoms with Crippen LogP contribution in [0.15, 0.2) is 231 Å². The maximum Gasteiger partial charge on any atom is 0.417 e. The molecule has 140 heavy (non-hydrogen) atoms. The van der Waals surface area contributed by atoms with Crippen LogP contribution in [0.2, 0.25) is 0 Å². The molecular weight excluding hydrogens is 1870 g/mol. The van der Waals surface area contributed by atoms with Gasteiger partial charge in [0.25, 0.3) is 0 Å². The molecule has 0 heterocycles. The lowest BCUT2D eigenvalue weighted by molar-refractivity contribution is -0.144. The fraction of sp³-hybridized carbons (Fsp3) is 0.257. The molecule has 0 spiro atoms. The molecule has 0 amide bonds. The molecule has 14 aromatic rings. The Kier molecular flexibility index (Phi) is 41.9. The van der Waals surface area contributed by atoms with Crippen molar-refractivity contribution in [2.45, 2.75) is 196 Å². The zero-order chi connectivity index (χ0) is 106. The SMILES string of the molecule is Cc1cc(C(F)(F)F)c(C)c(C(F)(F)F)c1.Cc1cc(C)c(C(F)(F)F)cc1C.Cc1cc(F)c(C)c(F)c1.Cc1cc(F)c(C)cc1F.Cc1ccc(-c2ccc(C)c(C(F)(F)F)c2)cc1C.Cc1ccc(-c2ccc(C)c(F)c2)cc1F.Cc1ccc(-c2ccc(C)cc2C(F)(F)F)c(C)c1.Cc1ccc(-c2ccc(C)cc2F)c(F)c1.Cc1ccc(C)c(C(F)(F)F)c1.Cc1ccc(C)c(F)c1. The normalized spacial score (nSPS) is 11.2. The summed E-state index contributed by atoms with van der Waals surface area (Å²) in [6.07, 6.45) is -26.6. The van der Waals surface area contributed by atoms with Gasteiger partial charge in [0.15, 0.2) is 0 Å². The Morgan fingerprint density at radius 3 is 0.729 bits per heavy atom. The Morgan fingerprint density at radius 1 is 0.129 bits per heavy atom. The third kappa shape index (κ3) is 35.5. The molecule has 0 aliphatic carbocycles. The van der Waals surface area contributed by atoms with Gasteiger partial charge in [0.1, 0.15) is 52.4 Å². The largest absolute Gasteiger partial charge is 0.417 e. The highest BCUT2D eigenvalue weighted by molar-refractivity contribution is 5.73. The Hall–Kier alpha value is -12.8. The topological polar surface area (TPSA) is 0 Å². The predicted octanol–water partition coefficient (Wildman–Crippen LogP) is 38.0. The van der Waals surface area contributed by atoms with E-state index in [0.717, 1.165) is 63.1 Å². The molecule has 0 bridgehead atoms. The van der Waals surface area contributed by atoms with Crippen molar-refractivity contribution in [3.8, 4) is 44.5 Å². The minimum absolute atomic E-state index is 0.0646. The van der Waals surface area contributed by atoms with Crippen molar-refractivity contribution in [3.63, 3.8) is 0 Å². The van der Waals surface area contributed by atoms with Crippen LogP contribution in [0.3, 0.4) is 0 Å². The Balaban J connectivity index is 0.000000277. The van der Waals surface area contributed by atoms with E-state index in [1.54, 1.807) is 153 Å². The summed E-state index contributed by atoms with van der Waals surface area (Å²) in [4.78, 5) is 0. The number of benzene rings is 14. The zero-order valence-corrected chi connectivity index (χ0v) is 81.1. The maximum absolute atomic E-state index is 13.7. The van der Waals surface area contributed by atoms with Gasteiger partial charge in [-0.1, -0.05) is 156 Å². The van der Waals surface area contributed by atoms with E-state index in [0.29, 0.717) is 95.6 Å². The van der Waals surface area contributed by atoms with E-state index < -0.39 is 87.6 Å². The highest BCUT2D eigenvalue weighted by Gasteiger charge is 2.41. The summed E-state index contributed by atoms with van der Waals surface area (Å²) in [6.45, 7) is 37.8. The van der Waals surface area contributed by atoms with Gasteiger partial charge in [0.2, 0.25) is 0 Å². The summed E-state index contributed by atoms with van der Waals surface area (Å²) in [5.41, 5.74) is 12.4. The zero-order valence-electron chi connectivity index (χ0n) is 81.1. The Labute approximate surface area is 799 Å². The van der Waals surface area contributed by atoms with Gasteiger partial charge in [-0.15, -0.1) is 0 Å². The Bertz CT molecular complexity index is 6380. The number of aryl methyl sites for hydroxylation is 21. The standard InChI is InChI=1S/2C16H15F3.2C14H12F2.C10H8F6.C10H11F3.C9H9F3.2C8H8F2.C8H9F/c1-10-4-6-13(8-12(10)3)14-7-5-11(2)15(9-14)16(17,18)19;1-10-4-6-13(12(3)8-10)14-7-5-11(2)9-15(14)16(17,18)19;1-9-3-5-11(7-13(9)15)12-6-4-10(2)14(16)8-12;1-9-3-5-11(13(15)7-9)12-6-4-10(2)8-14(12)16;1-5-3-7(9(11,12)13)6(2)8(4-5)10(14,15)16;1-6-4-8(3)9(5-7(6)2)10(11,12)13;1-6-3-4-7(2)8(5-6)9(10,11)12;1-5-3-8(10)6(2)4-7(5)9;1-5-3-7(9)6(2)8(10)4-5;1-6-3-4-7(2)8(9)5-6/h2*4-9H,1-3H3;2*3-8H,1-2H3;3-4H,1-2H3;4-5H,1-3H3;3-5H,1-2H3;2*3-4H,1-2H3;3-5H,1-2H3. The molecule has 14 aromatic carbocycles. The molecule has 0 N–H and O–H groups in total. The predicted molar refractivity (Wildman–Crippen MR) is 505 cm³/mol. The molecule has 0 aliphatic heterocycles. The summed E-state index contributed by atoms with van der Waals surface area (Å²) < 4.78 is 343. The van der Waals surface area contributed by atoms with Crippen LogP contribution >= 0.6 is 0 Å². The highest BCUT2D eigenvalue weighted by atomic mass is 19.4. The van der Waals surface area contributed by atoms with Crippen molar-refractivity contribution < 1.29 is 119 Å². The van der Waals surface area contributed by atoms with Crippen LogP contribution in [-0.4, -0.2) is 0 Å². The number of hydrogen-bond donors (Lipinski definition) is 0. The third-order valence-corrected chi connectivity index (χ3v) is 22.0. The van der Waals surface area contributed by atoms with E-state index >= 15 is 0 Å². The van der Waals surface area contributed by atoms with E-state index in [-0.39, 0.29) is 74.1 Å². The van der Waals surface area contributed by atoms with Gasteiger partial charge in [-0.05, 0) is 389 Å².